The summed E-state index contributed by atoms with van der Waals surface area (Å²) in [7, 11) is 0. The zero-order valence-electron chi connectivity index (χ0n) is 21.3. The van der Waals surface area contributed by atoms with Crippen LogP contribution in [0.2, 0.25) is 0 Å². The van der Waals surface area contributed by atoms with Crippen molar-refractivity contribution in [2.24, 2.45) is 0 Å². The van der Waals surface area contributed by atoms with Crippen LogP contribution >= 0.6 is 0 Å². The van der Waals surface area contributed by atoms with Crippen molar-refractivity contribution in [3.8, 4) is 0 Å². The van der Waals surface area contributed by atoms with Crippen LogP contribution in [0.4, 0.5) is 0 Å². The fourth-order valence-corrected chi connectivity index (χ4v) is 2.43. The topological polar surface area (TPSA) is 89.9 Å². The zero-order chi connectivity index (χ0) is 26.6. The first-order chi connectivity index (χ1) is 16.7. The second-order valence-corrected chi connectivity index (χ2v) is 7.67. The summed E-state index contributed by atoms with van der Waals surface area (Å²) in [5.41, 5.74) is 3.22. The van der Waals surface area contributed by atoms with E-state index >= 15 is 0 Å². The predicted octanol–water partition coefficient (Wildman–Crippen LogP) is 6.89. The van der Waals surface area contributed by atoms with Crippen LogP contribution in [-0.2, 0) is 14.3 Å². The molecule has 0 unspecified atom stereocenters. The molecule has 35 heavy (non-hydrogen) atoms. The third kappa shape index (κ3) is 13.6. The number of carboxylic acids is 1. The van der Waals surface area contributed by atoms with Gasteiger partial charge in [0.05, 0.1) is 24.3 Å². The van der Waals surface area contributed by atoms with Crippen LogP contribution in [0, 0.1) is 6.92 Å². The van der Waals surface area contributed by atoms with Crippen LogP contribution in [0.5, 0.6) is 0 Å². The number of benzene rings is 2. The monoisotopic (exact) mass is 482 g/mol. The van der Waals surface area contributed by atoms with E-state index in [-0.39, 0.29) is 16.7 Å². The van der Waals surface area contributed by atoms with Crippen LogP contribution in [0.15, 0.2) is 67.3 Å². The fraction of sp³-hybridized carbons (Fsp3) is 0.345. The average Bonchev–Trinajstić information content (AvgIpc) is 2.85. The zero-order valence-corrected chi connectivity index (χ0v) is 21.3. The molecule has 2 aromatic carbocycles. The maximum absolute atomic E-state index is 11.9. The lowest BCUT2D eigenvalue weighted by atomic mass is 10.1. The number of aliphatic carboxylic acids is 1. The van der Waals surface area contributed by atoms with Crippen molar-refractivity contribution in [3.63, 3.8) is 0 Å². The van der Waals surface area contributed by atoms with E-state index in [1.165, 1.54) is 18.1 Å². The Morgan fingerprint density at radius 3 is 1.57 bits per heavy atom. The molecular weight excluding hydrogens is 444 g/mol. The largest absolute Gasteiger partial charge is 0.478 e. The van der Waals surface area contributed by atoms with Crippen molar-refractivity contribution < 1.29 is 29.0 Å². The maximum atomic E-state index is 11.9. The minimum absolute atomic E-state index is 0.176. The molecule has 1 N–H and O–H groups in total. The van der Waals surface area contributed by atoms with Crippen molar-refractivity contribution in [2.45, 2.75) is 53.4 Å². The SMILES string of the molecule is C=C(C)C(=O)O.C=Cc1ccccc1C.CCCCOC(=O)c1ccccc1C(=O)OCCCC. The molecule has 0 spiro atoms. The molecule has 2 rings (SSSR count). The van der Waals surface area contributed by atoms with Gasteiger partial charge in [0.2, 0.25) is 0 Å². The highest BCUT2D eigenvalue weighted by molar-refractivity contribution is 6.03. The Bertz CT molecular complexity index is 908. The minimum atomic E-state index is -0.935. The first-order valence-electron chi connectivity index (χ1n) is 11.7. The molecule has 0 heterocycles. The summed E-state index contributed by atoms with van der Waals surface area (Å²) >= 11 is 0. The molecule has 0 radical (unpaired) electrons. The summed E-state index contributed by atoms with van der Waals surface area (Å²) in [5.74, 6) is -1.88. The maximum Gasteiger partial charge on any atom is 0.339 e. The van der Waals surface area contributed by atoms with Crippen molar-refractivity contribution in [3.05, 3.63) is 89.5 Å². The third-order valence-electron chi connectivity index (χ3n) is 4.60. The van der Waals surface area contributed by atoms with Crippen molar-refractivity contribution in [2.75, 3.05) is 13.2 Å². The molecule has 6 heteroatoms. The number of carbonyl (C=O) groups is 3. The summed E-state index contributed by atoms with van der Waals surface area (Å²) in [6, 6.07) is 14.8. The molecule has 0 saturated carbocycles. The van der Waals surface area contributed by atoms with E-state index in [2.05, 4.69) is 32.2 Å². The molecular formula is C29H38O6. The number of carboxylic acid groups (broad SMARTS) is 1. The first-order valence-corrected chi connectivity index (χ1v) is 11.7. The van der Waals surface area contributed by atoms with E-state index in [4.69, 9.17) is 14.6 Å². The highest BCUT2D eigenvalue weighted by Crippen LogP contribution is 2.13. The van der Waals surface area contributed by atoms with Crippen LogP contribution in [0.3, 0.4) is 0 Å². The van der Waals surface area contributed by atoms with Crippen molar-refractivity contribution in [1.82, 2.24) is 0 Å². The van der Waals surface area contributed by atoms with E-state index in [1.54, 1.807) is 24.3 Å². The molecule has 0 aliphatic rings. The molecule has 6 nitrogen and oxygen atoms in total. The van der Waals surface area contributed by atoms with E-state index in [1.807, 2.05) is 32.1 Å². The highest BCUT2D eigenvalue weighted by Gasteiger charge is 2.18. The number of unbranched alkanes of at least 4 members (excludes halogenated alkanes) is 2. The summed E-state index contributed by atoms with van der Waals surface area (Å²) in [5, 5.41) is 7.89. The number of aryl methyl sites for hydroxylation is 1. The molecule has 0 aromatic heterocycles. The molecule has 0 saturated heterocycles. The third-order valence-corrected chi connectivity index (χ3v) is 4.60. The van der Waals surface area contributed by atoms with Gasteiger partial charge >= 0.3 is 17.9 Å². The Hall–Kier alpha value is -3.67. The standard InChI is InChI=1S/C16H22O4.C9H10.C4H6O2/c1-3-5-11-19-15(17)13-9-7-8-10-14(13)16(18)20-12-6-4-2;1-3-9-7-5-4-6-8(9)2;1-3(2)4(5)6/h7-10H,3-6,11-12H2,1-2H3;3-7H,1H2,2H3;1H2,2H3,(H,5,6). The lowest BCUT2D eigenvalue weighted by Crippen LogP contribution is -2.14. The Morgan fingerprint density at radius 2 is 1.26 bits per heavy atom. The van der Waals surface area contributed by atoms with Gasteiger partial charge in [-0.05, 0) is 49.9 Å². The van der Waals surface area contributed by atoms with E-state index in [9.17, 15) is 14.4 Å². The molecule has 0 aliphatic heterocycles. The van der Waals surface area contributed by atoms with Crippen LogP contribution in [-0.4, -0.2) is 36.2 Å². The number of hydrogen-bond donors (Lipinski definition) is 1. The number of esters is 2. The van der Waals surface area contributed by atoms with Crippen LogP contribution in [0.1, 0.15) is 78.3 Å². The molecule has 0 aliphatic carbocycles. The van der Waals surface area contributed by atoms with Crippen molar-refractivity contribution >= 4 is 24.0 Å². The Morgan fingerprint density at radius 1 is 0.857 bits per heavy atom. The van der Waals surface area contributed by atoms with Gasteiger partial charge < -0.3 is 14.6 Å². The number of hydrogen-bond acceptors (Lipinski definition) is 5. The van der Waals surface area contributed by atoms with Gasteiger partial charge in [-0.2, -0.15) is 0 Å². The fourth-order valence-electron chi connectivity index (χ4n) is 2.43. The van der Waals surface area contributed by atoms with Gasteiger partial charge in [0.1, 0.15) is 0 Å². The van der Waals surface area contributed by atoms with Crippen molar-refractivity contribution in [1.29, 1.82) is 0 Å². The summed E-state index contributed by atoms with van der Waals surface area (Å²) in [6.45, 7) is 15.2. The quantitative estimate of drug-likeness (QED) is 0.225. The summed E-state index contributed by atoms with van der Waals surface area (Å²) in [4.78, 5) is 33.5. The predicted molar refractivity (Wildman–Crippen MR) is 141 cm³/mol. The second-order valence-electron chi connectivity index (χ2n) is 7.67. The first kappa shape index (κ1) is 31.3. The van der Waals surface area contributed by atoms with Gasteiger partial charge in [0.15, 0.2) is 0 Å². The normalized spacial score (nSPS) is 9.37. The number of rotatable bonds is 10. The molecule has 2 aromatic rings. The summed E-state index contributed by atoms with van der Waals surface area (Å²) < 4.78 is 10.3. The van der Waals surface area contributed by atoms with E-state index in [0.717, 1.165) is 25.7 Å². The Labute approximate surface area is 209 Å². The molecule has 0 fully saturated rings. The second kappa shape index (κ2) is 18.7. The lowest BCUT2D eigenvalue weighted by molar-refractivity contribution is -0.132. The van der Waals surface area contributed by atoms with Crippen LogP contribution in [0.25, 0.3) is 6.08 Å². The summed E-state index contributed by atoms with van der Waals surface area (Å²) in [6.07, 6.45) is 5.40. The smallest absolute Gasteiger partial charge is 0.339 e. The Kier molecular flexibility index (Phi) is 16.8. The highest BCUT2D eigenvalue weighted by atomic mass is 16.5. The molecule has 0 bridgehead atoms. The average molecular weight is 483 g/mol. The van der Waals surface area contributed by atoms with Gasteiger partial charge in [-0.3, -0.25) is 0 Å². The van der Waals surface area contributed by atoms with Crippen LogP contribution < -0.4 is 0 Å². The van der Waals surface area contributed by atoms with Gasteiger partial charge in [-0.15, -0.1) is 0 Å². The number of ether oxygens (including phenoxy) is 2. The lowest BCUT2D eigenvalue weighted by Gasteiger charge is -2.09. The number of carbonyl (C=O) groups excluding carboxylic acids is 2. The van der Waals surface area contributed by atoms with E-state index in [0.29, 0.717) is 13.2 Å². The minimum Gasteiger partial charge on any atom is -0.478 e. The van der Waals surface area contributed by atoms with Gasteiger partial charge in [0, 0.05) is 5.57 Å². The Balaban J connectivity index is 0.000000630. The van der Waals surface area contributed by atoms with Gasteiger partial charge in [0.25, 0.3) is 0 Å². The molecule has 0 atom stereocenters. The van der Waals surface area contributed by atoms with Gasteiger partial charge in [-0.1, -0.05) is 82.3 Å². The molecule has 0 amide bonds. The van der Waals surface area contributed by atoms with Gasteiger partial charge in [-0.25, -0.2) is 14.4 Å². The van der Waals surface area contributed by atoms with E-state index < -0.39 is 17.9 Å². The molecule has 190 valence electrons.